The minimum absolute atomic E-state index is 0.296. The first kappa shape index (κ1) is 17.1. The van der Waals surface area contributed by atoms with Crippen molar-refractivity contribution in [1.82, 2.24) is 9.55 Å². The van der Waals surface area contributed by atoms with Crippen molar-refractivity contribution in [3.63, 3.8) is 0 Å². The number of pyridine rings is 1. The number of para-hydroxylation sites is 1. The smallest absolute Gasteiger partial charge is 0.357 e. The topological polar surface area (TPSA) is 56.1 Å². The van der Waals surface area contributed by atoms with Crippen LogP contribution in [0.3, 0.4) is 0 Å². The first-order valence-corrected chi connectivity index (χ1v) is 8.97. The van der Waals surface area contributed by atoms with Gasteiger partial charge in [-0.15, -0.1) is 0 Å². The molecule has 2 aromatic carbocycles. The van der Waals surface area contributed by atoms with Gasteiger partial charge in [-0.1, -0.05) is 35.9 Å². The van der Waals surface area contributed by atoms with Gasteiger partial charge in [0.2, 0.25) is 0 Å². The van der Waals surface area contributed by atoms with Crippen molar-refractivity contribution in [3.05, 3.63) is 65.9 Å². The van der Waals surface area contributed by atoms with Crippen LogP contribution in [0.1, 0.15) is 23.0 Å². The van der Waals surface area contributed by atoms with E-state index in [-0.39, 0.29) is 0 Å². The van der Waals surface area contributed by atoms with Crippen molar-refractivity contribution < 1.29 is 9.53 Å². The van der Waals surface area contributed by atoms with Gasteiger partial charge in [-0.3, -0.25) is 0 Å². The molecule has 0 aliphatic carbocycles. The Hall–Kier alpha value is -3.34. The van der Waals surface area contributed by atoms with Crippen LogP contribution in [0.15, 0.2) is 54.6 Å². The second kappa shape index (κ2) is 6.76. The van der Waals surface area contributed by atoms with Gasteiger partial charge in [0.15, 0.2) is 5.69 Å². The Bertz CT molecular complexity index is 1140. The van der Waals surface area contributed by atoms with Gasteiger partial charge in [0.25, 0.3) is 0 Å². The van der Waals surface area contributed by atoms with Gasteiger partial charge in [-0.2, -0.15) is 0 Å². The van der Waals surface area contributed by atoms with E-state index in [0.29, 0.717) is 18.1 Å². The van der Waals surface area contributed by atoms with E-state index in [9.17, 15) is 4.79 Å². The zero-order chi connectivity index (χ0) is 19.0. The Balaban J connectivity index is 1.96. The summed E-state index contributed by atoms with van der Waals surface area (Å²) in [5.41, 5.74) is 4.42. The van der Waals surface area contributed by atoms with Crippen molar-refractivity contribution in [2.45, 2.75) is 13.8 Å². The van der Waals surface area contributed by atoms with E-state index in [1.54, 1.807) is 13.0 Å². The molecule has 0 radical (unpaired) electrons. The summed E-state index contributed by atoms with van der Waals surface area (Å²) in [5.74, 6) is 0.229. The second-order valence-electron chi connectivity index (χ2n) is 6.54. The van der Waals surface area contributed by atoms with Gasteiger partial charge in [0.1, 0.15) is 5.82 Å². The quantitative estimate of drug-likeness (QED) is 0.524. The lowest BCUT2D eigenvalue weighted by Gasteiger charge is -2.10. The summed E-state index contributed by atoms with van der Waals surface area (Å²) in [7, 11) is 2.00. The van der Waals surface area contributed by atoms with E-state index in [4.69, 9.17) is 4.74 Å². The van der Waals surface area contributed by atoms with Crippen molar-refractivity contribution in [2.24, 2.45) is 7.05 Å². The molecular weight excluding hydrogens is 338 g/mol. The van der Waals surface area contributed by atoms with Gasteiger partial charge in [0, 0.05) is 23.6 Å². The van der Waals surface area contributed by atoms with Crippen LogP contribution in [-0.4, -0.2) is 22.1 Å². The number of carbonyl (C=O) groups is 1. The fourth-order valence-corrected chi connectivity index (χ4v) is 3.34. The molecule has 2 heterocycles. The summed E-state index contributed by atoms with van der Waals surface area (Å²) in [6.07, 6.45) is 0. The average Bonchev–Trinajstić information content (AvgIpc) is 2.97. The molecule has 2 aromatic heterocycles. The molecule has 0 aliphatic heterocycles. The predicted molar refractivity (Wildman–Crippen MR) is 109 cm³/mol. The zero-order valence-electron chi connectivity index (χ0n) is 15.6. The zero-order valence-corrected chi connectivity index (χ0v) is 15.6. The third kappa shape index (κ3) is 3.01. The fraction of sp³-hybridized carbons (Fsp3) is 0.182. The SMILES string of the molecule is CCOC(=O)c1cc2c(c(Nc3ccc(C)cc3)n1)c1ccccc1n2C. The molecule has 4 aromatic rings. The average molecular weight is 359 g/mol. The van der Waals surface area contributed by atoms with Crippen molar-refractivity contribution >= 4 is 39.3 Å². The number of nitrogens with one attached hydrogen (secondary N) is 1. The lowest BCUT2D eigenvalue weighted by molar-refractivity contribution is 0.0520. The Morgan fingerprint density at radius 1 is 1.11 bits per heavy atom. The minimum atomic E-state index is -0.420. The third-order valence-corrected chi connectivity index (χ3v) is 4.69. The molecule has 5 nitrogen and oxygen atoms in total. The van der Waals surface area contributed by atoms with Crippen molar-refractivity contribution in [1.29, 1.82) is 0 Å². The summed E-state index contributed by atoms with van der Waals surface area (Å²) in [4.78, 5) is 16.9. The van der Waals surface area contributed by atoms with E-state index in [1.807, 2.05) is 50.4 Å². The number of fused-ring (bicyclic) bond motifs is 3. The first-order chi connectivity index (χ1) is 13.1. The largest absolute Gasteiger partial charge is 0.461 e. The Labute approximate surface area is 157 Å². The number of aromatic nitrogens is 2. The molecule has 1 N–H and O–H groups in total. The molecule has 0 saturated heterocycles. The highest BCUT2D eigenvalue weighted by molar-refractivity contribution is 6.14. The van der Waals surface area contributed by atoms with E-state index in [2.05, 4.69) is 27.0 Å². The maximum Gasteiger partial charge on any atom is 0.357 e. The van der Waals surface area contributed by atoms with Crippen LogP contribution < -0.4 is 5.32 Å². The monoisotopic (exact) mass is 359 g/mol. The third-order valence-electron chi connectivity index (χ3n) is 4.69. The Morgan fingerprint density at radius 3 is 2.59 bits per heavy atom. The van der Waals surface area contributed by atoms with Crippen LogP contribution in [-0.2, 0) is 11.8 Å². The van der Waals surface area contributed by atoms with E-state index >= 15 is 0 Å². The fourth-order valence-electron chi connectivity index (χ4n) is 3.34. The van der Waals surface area contributed by atoms with Gasteiger partial charge >= 0.3 is 5.97 Å². The molecule has 0 amide bonds. The lowest BCUT2D eigenvalue weighted by atomic mass is 10.1. The Kier molecular flexibility index (Phi) is 4.28. The number of aryl methyl sites for hydroxylation is 2. The minimum Gasteiger partial charge on any atom is -0.461 e. The number of esters is 1. The van der Waals surface area contributed by atoms with Crippen LogP contribution in [0.5, 0.6) is 0 Å². The standard InChI is InChI=1S/C22H21N3O2/c1-4-27-22(26)17-13-19-20(16-7-5-6-8-18(16)25(19)3)21(24-17)23-15-11-9-14(2)10-12-15/h5-13H,4H2,1-3H3,(H,23,24). The number of anilines is 2. The van der Waals surface area contributed by atoms with Gasteiger partial charge in [-0.25, -0.2) is 9.78 Å². The van der Waals surface area contributed by atoms with Gasteiger partial charge in [0.05, 0.1) is 17.5 Å². The molecule has 136 valence electrons. The van der Waals surface area contributed by atoms with Gasteiger partial charge < -0.3 is 14.6 Å². The highest BCUT2D eigenvalue weighted by Gasteiger charge is 2.18. The van der Waals surface area contributed by atoms with E-state index in [1.165, 1.54) is 5.56 Å². The number of benzene rings is 2. The summed E-state index contributed by atoms with van der Waals surface area (Å²) >= 11 is 0. The summed E-state index contributed by atoms with van der Waals surface area (Å²) in [6.45, 7) is 4.15. The molecule has 0 aliphatic rings. The van der Waals surface area contributed by atoms with Crippen LogP contribution in [0.2, 0.25) is 0 Å². The number of carbonyl (C=O) groups excluding carboxylic acids is 1. The second-order valence-corrected chi connectivity index (χ2v) is 6.54. The number of ether oxygens (including phenoxy) is 1. The normalized spacial score (nSPS) is 11.1. The highest BCUT2D eigenvalue weighted by Crippen LogP contribution is 2.34. The molecule has 0 unspecified atom stereocenters. The summed E-state index contributed by atoms with van der Waals surface area (Å²) in [6, 6.07) is 18.0. The van der Waals surface area contributed by atoms with E-state index in [0.717, 1.165) is 27.5 Å². The molecule has 4 rings (SSSR count). The van der Waals surface area contributed by atoms with Crippen LogP contribution in [0, 0.1) is 6.92 Å². The molecule has 0 atom stereocenters. The number of rotatable bonds is 4. The molecule has 0 spiro atoms. The number of hydrogen-bond acceptors (Lipinski definition) is 4. The molecular formula is C22H21N3O2. The summed E-state index contributed by atoms with van der Waals surface area (Å²) in [5, 5.41) is 5.46. The summed E-state index contributed by atoms with van der Waals surface area (Å²) < 4.78 is 7.25. The van der Waals surface area contributed by atoms with Crippen LogP contribution in [0.4, 0.5) is 11.5 Å². The molecule has 0 bridgehead atoms. The van der Waals surface area contributed by atoms with Crippen LogP contribution in [0.25, 0.3) is 21.8 Å². The lowest BCUT2D eigenvalue weighted by Crippen LogP contribution is -2.09. The highest BCUT2D eigenvalue weighted by atomic mass is 16.5. The molecule has 27 heavy (non-hydrogen) atoms. The molecule has 0 saturated carbocycles. The van der Waals surface area contributed by atoms with Crippen LogP contribution >= 0.6 is 0 Å². The molecule has 5 heteroatoms. The number of hydrogen-bond donors (Lipinski definition) is 1. The Morgan fingerprint density at radius 2 is 1.85 bits per heavy atom. The van der Waals surface area contributed by atoms with Crippen molar-refractivity contribution in [2.75, 3.05) is 11.9 Å². The van der Waals surface area contributed by atoms with E-state index < -0.39 is 5.97 Å². The maximum absolute atomic E-state index is 12.3. The maximum atomic E-state index is 12.3. The molecule has 0 fully saturated rings. The van der Waals surface area contributed by atoms with Crippen molar-refractivity contribution in [3.8, 4) is 0 Å². The number of nitrogens with zero attached hydrogens (tertiary/aromatic N) is 2. The van der Waals surface area contributed by atoms with Gasteiger partial charge in [-0.05, 0) is 38.1 Å². The first-order valence-electron chi connectivity index (χ1n) is 8.97. The predicted octanol–water partition coefficient (Wildman–Crippen LogP) is 4.96.